The second kappa shape index (κ2) is 7.70. The van der Waals surface area contributed by atoms with E-state index >= 15 is 0 Å². The van der Waals surface area contributed by atoms with Gasteiger partial charge in [-0.3, -0.25) is 0 Å². The molecule has 92 valence electrons. The highest BCUT2D eigenvalue weighted by molar-refractivity contribution is 5.14. The largest absolute Gasteiger partial charge is 0.305 e. The summed E-state index contributed by atoms with van der Waals surface area (Å²) in [6, 6.07) is 10.1. The zero-order chi connectivity index (χ0) is 12.5. The molecule has 0 fully saturated rings. The summed E-state index contributed by atoms with van der Waals surface area (Å²) in [6.07, 6.45) is 2.26. The maximum absolute atomic E-state index is 9.10. The molecule has 0 heterocycles. The lowest BCUT2D eigenvalue weighted by molar-refractivity contribution is 0.257. The molecule has 0 amide bonds. The van der Waals surface area contributed by atoms with Gasteiger partial charge in [0.05, 0.1) is 6.54 Å². The monoisotopic (exact) mass is 231 g/mol. The lowest BCUT2D eigenvalue weighted by Crippen LogP contribution is -2.32. The first-order valence-corrected chi connectivity index (χ1v) is 6.21. The fourth-order valence-electron chi connectivity index (χ4n) is 1.77. The molecular formula is C14H21N3. The lowest BCUT2D eigenvalue weighted by atomic mass is 10.2. The van der Waals surface area contributed by atoms with Gasteiger partial charge in [0.1, 0.15) is 0 Å². The SMILES string of the molecule is CCN(CC)CCN(C#N)Cc1ccccc1. The van der Waals surface area contributed by atoms with Crippen LogP contribution in [-0.4, -0.2) is 36.0 Å². The van der Waals surface area contributed by atoms with Crippen molar-refractivity contribution in [1.29, 1.82) is 5.26 Å². The smallest absolute Gasteiger partial charge is 0.179 e. The zero-order valence-electron chi connectivity index (χ0n) is 10.8. The first kappa shape index (κ1) is 13.5. The molecule has 0 spiro atoms. The Labute approximate surface area is 104 Å². The van der Waals surface area contributed by atoms with Crippen molar-refractivity contribution in [1.82, 2.24) is 9.80 Å². The summed E-state index contributed by atoms with van der Waals surface area (Å²) >= 11 is 0. The molecule has 0 saturated heterocycles. The highest BCUT2D eigenvalue weighted by atomic mass is 15.2. The molecule has 1 aromatic rings. The Hall–Kier alpha value is -1.53. The number of hydrogen-bond donors (Lipinski definition) is 0. The third-order valence-corrected chi connectivity index (χ3v) is 2.94. The lowest BCUT2D eigenvalue weighted by Gasteiger charge is -2.22. The molecule has 0 aromatic heterocycles. The van der Waals surface area contributed by atoms with Crippen molar-refractivity contribution < 1.29 is 0 Å². The van der Waals surface area contributed by atoms with Crippen LogP contribution in [0.1, 0.15) is 19.4 Å². The highest BCUT2D eigenvalue weighted by Crippen LogP contribution is 2.03. The van der Waals surface area contributed by atoms with Crippen LogP contribution in [-0.2, 0) is 6.54 Å². The minimum atomic E-state index is 0.707. The molecule has 0 aliphatic heterocycles. The molecule has 0 aliphatic rings. The Balaban J connectivity index is 2.42. The number of rotatable bonds is 7. The molecule has 1 rings (SSSR count). The van der Waals surface area contributed by atoms with Crippen molar-refractivity contribution in [3.8, 4) is 6.19 Å². The third-order valence-electron chi connectivity index (χ3n) is 2.94. The van der Waals surface area contributed by atoms with Gasteiger partial charge in [-0.15, -0.1) is 0 Å². The van der Waals surface area contributed by atoms with Crippen molar-refractivity contribution in [2.45, 2.75) is 20.4 Å². The molecule has 0 N–H and O–H groups in total. The van der Waals surface area contributed by atoms with Gasteiger partial charge in [0.15, 0.2) is 6.19 Å². The molecule has 0 unspecified atom stereocenters. The van der Waals surface area contributed by atoms with Crippen LogP contribution in [0.5, 0.6) is 0 Å². The van der Waals surface area contributed by atoms with E-state index in [2.05, 4.69) is 37.1 Å². The first-order valence-electron chi connectivity index (χ1n) is 6.21. The molecule has 0 atom stereocenters. The summed E-state index contributed by atoms with van der Waals surface area (Å²) in [7, 11) is 0. The van der Waals surface area contributed by atoms with Crippen LogP contribution in [0.15, 0.2) is 30.3 Å². The molecule has 0 radical (unpaired) electrons. The van der Waals surface area contributed by atoms with Crippen LogP contribution in [0.2, 0.25) is 0 Å². The average Bonchev–Trinajstić information content (AvgIpc) is 2.39. The summed E-state index contributed by atoms with van der Waals surface area (Å²) in [4.78, 5) is 4.14. The summed E-state index contributed by atoms with van der Waals surface area (Å²) in [5.74, 6) is 0. The van der Waals surface area contributed by atoms with Crippen molar-refractivity contribution in [2.75, 3.05) is 26.2 Å². The van der Waals surface area contributed by atoms with E-state index in [4.69, 9.17) is 5.26 Å². The molecule has 0 saturated carbocycles. The van der Waals surface area contributed by atoms with Crippen LogP contribution in [0, 0.1) is 11.5 Å². The van der Waals surface area contributed by atoms with Crippen molar-refractivity contribution in [2.24, 2.45) is 0 Å². The fourth-order valence-corrected chi connectivity index (χ4v) is 1.77. The van der Waals surface area contributed by atoms with Gasteiger partial charge in [-0.2, -0.15) is 5.26 Å². The second-order valence-electron chi connectivity index (χ2n) is 4.03. The fraction of sp³-hybridized carbons (Fsp3) is 0.500. The van der Waals surface area contributed by atoms with Gasteiger partial charge in [-0.05, 0) is 18.7 Å². The predicted octanol–water partition coefficient (Wildman–Crippen LogP) is 2.31. The Morgan fingerprint density at radius 2 is 1.71 bits per heavy atom. The molecule has 3 nitrogen and oxygen atoms in total. The average molecular weight is 231 g/mol. The maximum atomic E-state index is 9.10. The molecular weight excluding hydrogens is 210 g/mol. The highest BCUT2D eigenvalue weighted by Gasteiger charge is 2.05. The third kappa shape index (κ3) is 4.88. The molecule has 0 bridgehead atoms. The van der Waals surface area contributed by atoms with E-state index in [1.54, 1.807) is 0 Å². The summed E-state index contributed by atoms with van der Waals surface area (Å²) < 4.78 is 0. The molecule has 0 aliphatic carbocycles. The molecule has 1 aromatic carbocycles. The van der Waals surface area contributed by atoms with Crippen LogP contribution < -0.4 is 0 Å². The minimum Gasteiger partial charge on any atom is -0.305 e. The van der Waals surface area contributed by atoms with Gasteiger partial charge in [0.2, 0.25) is 0 Å². The number of nitrogens with zero attached hydrogens (tertiary/aromatic N) is 3. The Morgan fingerprint density at radius 3 is 2.24 bits per heavy atom. The summed E-state index contributed by atoms with van der Waals surface area (Å²) in [5, 5.41) is 9.10. The number of likely N-dealkylation sites (N-methyl/N-ethyl adjacent to an activating group) is 1. The van der Waals surface area contributed by atoms with Crippen molar-refractivity contribution in [3.63, 3.8) is 0 Å². The minimum absolute atomic E-state index is 0.707. The number of hydrogen-bond acceptors (Lipinski definition) is 3. The summed E-state index contributed by atoms with van der Waals surface area (Å²) in [5.41, 5.74) is 1.19. The van der Waals surface area contributed by atoms with E-state index in [-0.39, 0.29) is 0 Å². The number of benzene rings is 1. The quantitative estimate of drug-likeness (QED) is 0.533. The topological polar surface area (TPSA) is 30.3 Å². The Morgan fingerprint density at radius 1 is 1.06 bits per heavy atom. The van der Waals surface area contributed by atoms with Gasteiger partial charge in [0, 0.05) is 13.1 Å². The van der Waals surface area contributed by atoms with Gasteiger partial charge in [-0.25, -0.2) is 0 Å². The van der Waals surface area contributed by atoms with E-state index < -0.39 is 0 Å². The van der Waals surface area contributed by atoms with E-state index in [1.165, 1.54) is 5.56 Å². The van der Waals surface area contributed by atoms with E-state index in [9.17, 15) is 0 Å². The van der Waals surface area contributed by atoms with E-state index in [0.717, 1.165) is 26.2 Å². The second-order valence-corrected chi connectivity index (χ2v) is 4.03. The van der Waals surface area contributed by atoms with Crippen LogP contribution in [0.4, 0.5) is 0 Å². The van der Waals surface area contributed by atoms with Gasteiger partial charge < -0.3 is 9.80 Å². The van der Waals surface area contributed by atoms with Gasteiger partial charge in [0.25, 0.3) is 0 Å². The predicted molar refractivity (Wildman–Crippen MR) is 70.3 cm³/mol. The van der Waals surface area contributed by atoms with Crippen LogP contribution >= 0.6 is 0 Å². The van der Waals surface area contributed by atoms with E-state index in [0.29, 0.717) is 6.54 Å². The van der Waals surface area contributed by atoms with Crippen LogP contribution in [0.3, 0.4) is 0 Å². The maximum Gasteiger partial charge on any atom is 0.179 e. The summed E-state index contributed by atoms with van der Waals surface area (Å²) in [6.45, 7) is 8.84. The van der Waals surface area contributed by atoms with Gasteiger partial charge >= 0.3 is 0 Å². The number of nitriles is 1. The Kier molecular flexibility index (Phi) is 6.13. The Bertz CT molecular complexity index is 338. The molecule has 17 heavy (non-hydrogen) atoms. The normalized spacial score (nSPS) is 10.2. The van der Waals surface area contributed by atoms with E-state index in [1.807, 2.05) is 23.1 Å². The van der Waals surface area contributed by atoms with Crippen LogP contribution in [0.25, 0.3) is 0 Å². The standard InChI is InChI=1S/C14H21N3/c1-3-16(4-2)10-11-17(13-15)12-14-8-6-5-7-9-14/h5-9H,3-4,10-12H2,1-2H3. The zero-order valence-corrected chi connectivity index (χ0v) is 10.8. The van der Waals surface area contributed by atoms with Crippen molar-refractivity contribution in [3.05, 3.63) is 35.9 Å². The molecule has 3 heteroatoms. The van der Waals surface area contributed by atoms with Gasteiger partial charge in [-0.1, -0.05) is 44.2 Å². The first-order chi connectivity index (χ1) is 8.30. The van der Waals surface area contributed by atoms with Crippen molar-refractivity contribution >= 4 is 0 Å².